The first-order valence-electron chi connectivity index (χ1n) is 8.55. The molecular formula is C20H20ClNO2S. The molecular weight excluding hydrogens is 354 g/mol. The van der Waals surface area contributed by atoms with Gasteiger partial charge >= 0.3 is 5.63 Å². The van der Waals surface area contributed by atoms with Gasteiger partial charge in [0.2, 0.25) is 5.89 Å². The molecule has 0 bridgehead atoms. The molecule has 2 aromatic heterocycles. The smallest absolute Gasteiger partial charge is 0.348 e. The largest absolute Gasteiger partial charge is 0.403 e. The van der Waals surface area contributed by atoms with Gasteiger partial charge in [-0.3, -0.25) is 0 Å². The summed E-state index contributed by atoms with van der Waals surface area (Å²) in [7, 11) is 0. The van der Waals surface area contributed by atoms with Crippen LogP contribution in [0.25, 0.3) is 21.7 Å². The Hall–Kier alpha value is -1.65. The highest BCUT2D eigenvalue weighted by Crippen LogP contribution is 2.42. The summed E-state index contributed by atoms with van der Waals surface area (Å²) in [5, 5.41) is 1.20. The summed E-state index contributed by atoms with van der Waals surface area (Å²) in [6, 6.07) is 7.30. The second kappa shape index (κ2) is 5.96. The molecule has 0 N–H and O–H groups in total. The number of benzene rings is 1. The van der Waals surface area contributed by atoms with Gasteiger partial charge in [0.1, 0.15) is 10.2 Å². The molecule has 5 heteroatoms. The molecule has 0 unspecified atom stereocenters. The Bertz CT molecular complexity index is 1010. The number of aryl methyl sites for hydroxylation is 1. The number of hydrogen-bond acceptors (Lipinski definition) is 4. The Morgan fingerprint density at radius 2 is 2.04 bits per heavy atom. The first-order chi connectivity index (χ1) is 11.8. The van der Waals surface area contributed by atoms with Gasteiger partial charge in [-0.15, -0.1) is 11.3 Å². The van der Waals surface area contributed by atoms with Gasteiger partial charge in [0.15, 0.2) is 0 Å². The summed E-state index contributed by atoms with van der Waals surface area (Å²) < 4.78 is 5.53. The van der Waals surface area contributed by atoms with E-state index in [-0.39, 0.29) is 11.0 Å². The van der Waals surface area contributed by atoms with Crippen molar-refractivity contribution in [2.75, 3.05) is 0 Å². The number of thiophene rings is 1. The molecule has 1 aliphatic rings. The lowest BCUT2D eigenvalue weighted by Crippen LogP contribution is -2.26. The van der Waals surface area contributed by atoms with Crippen LogP contribution in [0.2, 0.25) is 5.02 Å². The van der Waals surface area contributed by atoms with Crippen LogP contribution in [0.1, 0.15) is 37.6 Å². The number of aromatic nitrogens is 1. The van der Waals surface area contributed by atoms with Crippen LogP contribution in [-0.4, -0.2) is 4.98 Å². The molecule has 0 amide bonds. The molecule has 3 nitrogen and oxygen atoms in total. The van der Waals surface area contributed by atoms with Crippen LogP contribution in [0.5, 0.6) is 0 Å². The summed E-state index contributed by atoms with van der Waals surface area (Å²) in [4.78, 5) is 19.3. The van der Waals surface area contributed by atoms with Crippen LogP contribution in [0.15, 0.2) is 33.5 Å². The number of halogens is 1. The van der Waals surface area contributed by atoms with Crippen molar-refractivity contribution >= 4 is 33.2 Å². The van der Waals surface area contributed by atoms with Gasteiger partial charge in [-0.25, -0.2) is 9.78 Å². The van der Waals surface area contributed by atoms with Gasteiger partial charge < -0.3 is 4.42 Å². The maximum atomic E-state index is 12.7. The topological polar surface area (TPSA) is 43.1 Å². The van der Waals surface area contributed by atoms with Gasteiger partial charge in [-0.05, 0) is 48.3 Å². The Morgan fingerprint density at radius 1 is 1.28 bits per heavy atom. The van der Waals surface area contributed by atoms with Crippen molar-refractivity contribution in [2.24, 2.45) is 11.3 Å². The highest BCUT2D eigenvalue weighted by molar-refractivity contribution is 7.18. The molecule has 0 saturated heterocycles. The van der Waals surface area contributed by atoms with E-state index in [1.54, 1.807) is 17.4 Å². The van der Waals surface area contributed by atoms with Gasteiger partial charge in [-0.1, -0.05) is 44.5 Å². The standard InChI is InChI=1S/C20H20ClNO2S/c1-20(2,3)11-8-9-13-15(10-11)25-18-16(13)19(23)24-17(22-18)12-6-4-5-7-14(12)21/h4-7,11H,8-10H2,1-3H3/t11-/m1/s1. The molecule has 0 spiro atoms. The molecule has 1 atom stereocenters. The van der Waals surface area contributed by atoms with Crippen molar-refractivity contribution in [3.63, 3.8) is 0 Å². The third-order valence-corrected chi connectivity index (χ3v) is 6.65. The van der Waals surface area contributed by atoms with E-state index in [9.17, 15) is 4.79 Å². The van der Waals surface area contributed by atoms with E-state index in [0.29, 0.717) is 27.8 Å². The van der Waals surface area contributed by atoms with Crippen LogP contribution in [0.4, 0.5) is 0 Å². The van der Waals surface area contributed by atoms with E-state index in [4.69, 9.17) is 16.0 Å². The minimum Gasteiger partial charge on any atom is -0.403 e. The van der Waals surface area contributed by atoms with E-state index in [1.165, 1.54) is 4.88 Å². The minimum absolute atomic E-state index is 0.273. The maximum absolute atomic E-state index is 12.7. The second-order valence-corrected chi connectivity index (χ2v) is 9.27. The van der Waals surface area contributed by atoms with Crippen molar-refractivity contribution in [3.05, 3.63) is 50.1 Å². The fourth-order valence-electron chi connectivity index (χ4n) is 3.60. The molecule has 4 rings (SSSR count). The first kappa shape index (κ1) is 16.8. The number of rotatable bonds is 1. The molecule has 0 aliphatic heterocycles. The third kappa shape index (κ3) is 2.91. The van der Waals surface area contributed by atoms with Crippen molar-refractivity contribution in [1.82, 2.24) is 4.98 Å². The zero-order valence-electron chi connectivity index (χ0n) is 14.6. The second-order valence-electron chi connectivity index (χ2n) is 7.78. The fraction of sp³-hybridized carbons (Fsp3) is 0.400. The lowest BCUT2D eigenvalue weighted by Gasteiger charge is -2.33. The Balaban J connectivity index is 1.85. The molecule has 1 aliphatic carbocycles. The van der Waals surface area contributed by atoms with Crippen LogP contribution in [0.3, 0.4) is 0 Å². The van der Waals surface area contributed by atoms with Crippen molar-refractivity contribution < 1.29 is 4.42 Å². The van der Waals surface area contributed by atoms with Crippen molar-refractivity contribution in [1.29, 1.82) is 0 Å². The molecule has 0 fully saturated rings. The van der Waals surface area contributed by atoms with E-state index in [2.05, 4.69) is 25.8 Å². The van der Waals surface area contributed by atoms with E-state index in [1.807, 2.05) is 18.2 Å². The monoisotopic (exact) mass is 373 g/mol. The van der Waals surface area contributed by atoms with Gasteiger partial charge in [0.05, 0.1) is 10.6 Å². The predicted molar refractivity (Wildman–Crippen MR) is 104 cm³/mol. The first-order valence-corrected chi connectivity index (χ1v) is 9.74. The zero-order valence-corrected chi connectivity index (χ0v) is 16.1. The van der Waals surface area contributed by atoms with Crippen molar-refractivity contribution in [2.45, 2.75) is 40.0 Å². The average Bonchev–Trinajstić information content (AvgIpc) is 2.92. The Kier molecular flexibility index (Phi) is 4.00. The van der Waals surface area contributed by atoms with Gasteiger partial charge in [0.25, 0.3) is 0 Å². The van der Waals surface area contributed by atoms with Crippen molar-refractivity contribution in [3.8, 4) is 11.5 Å². The molecule has 2 heterocycles. The Morgan fingerprint density at radius 3 is 2.76 bits per heavy atom. The summed E-state index contributed by atoms with van der Waals surface area (Å²) in [6.07, 6.45) is 3.05. The summed E-state index contributed by atoms with van der Waals surface area (Å²) in [5.41, 5.74) is 1.77. The molecule has 25 heavy (non-hydrogen) atoms. The third-order valence-electron chi connectivity index (χ3n) is 5.17. The predicted octanol–water partition coefficient (Wildman–Crippen LogP) is 5.72. The Labute approximate surface area is 155 Å². The SMILES string of the molecule is CC(C)(C)[C@@H]1CCc2c(sc3nc(-c4ccccc4Cl)oc(=O)c23)C1. The maximum Gasteiger partial charge on any atom is 0.348 e. The van der Waals surface area contributed by atoms with Gasteiger partial charge in [-0.2, -0.15) is 0 Å². The molecule has 0 saturated carbocycles. The van der Waals surface area contributed by atoms with E-state index in [0.717, 1.165) is 29.7 Å². The highest BCUT2D eigenvalue weighted by atomic mass is 35.5. The number of fused-ring (bicyclic) bond motifs is 3. The fourth-order valence-corrected chi connectivity index (χ4v) is 5.10. The number of hydrogen-bond donors (Lipinski definition) is 0. The number of nitrogens with zero attached hydrogens (tertiary/aromatic N) is 1. The average molecular weight is 374 g/mol. The quantitative estimate of drug-likeness (QED) is 0.547. The van der Waals surface area contributed by atoms with Crippen LogP contribution in [-0.2, 0) is 12.8 Å². The van der Waals surface area contributed by atoms with Gasteiger partial charge in [0, 0.05) is 4.88 Å². The highest BCUT2D eigenvalue weighted by Gasteiger charge is 2.32. The lowest BCUT2D eigenvalue weighted by atomic mass is 9.72. The summed E-state index contributed by atoms with van der Waals surface area (Å²) in [5.74, 6) is 0.928. The zero-order chi connectivity index (χ0) is 17.8. The lowest BCUT2D eigenvalue weighted by molar-refractivity contribution is 0.218. The minimum atomic E-state index is -0.299. The van der Waals surface area contributed by atoms with Crippen LogP contribution in [0, 0.1) is 11.3 Å². The van der Waals surface area contributed by atoms with Crippen LogP contribution >= 0.6 is 22.9 Å². The molecule has 1 aromatic carbocycles. The van der Waals surface area contributed by atoms with E-state index < -0.39 is 0 Å². The molecule has 0 radical (unpaired) electrons. The van der Waals surface area contributed by atoms with E-state index >= 15 is 0 Å². The molecule has 130 valence electrons. The summed E-state index contributed by atoms with van der Waals surface area (Å²) >= 11 is 7.87. The summed E-state index contributed by atoms with van der Waals surface area (Å²) in [6.45, 7) is 6.87. The van der Waals surface area contributed by atoms with Crippen LogP contribution < -0.4 is 5.63 Å². The molecule has 3 aromatic rings. The normalized spacial score (nSPS) is 17.7.